The molecule has 0 atom stereocenters. The second-order valence-electron chi connectivity index (χ2n) is 6.70. The van der Waals surface area contributed by atoms with Crippen molar-refractivity contribution in [1.82, 2.24) is 20.4 Å². The number of amides is 2. The molecule has 1 aliphatic heterocycles. The number of piperidine rings is 1. The molecule has 3 rings (SSSR count). The quantitative estimate of drug-likeness (QED) is 0.766. The van der Waals surface area contributed by atoms with E-state index >= 15 is 0 Å². The Balaban J connectivity index is 1.35. The number of hydrogen-bond acceptors (Lipinski definition) is 5. The number of rotatable bonds is 6. The highest BCUT2D eigenvalue weighted by molar-refractivity contribution is 6.30. The largest absolute Gasteiger partial charge is 0.352 e. The van der Waals surface area contributed by atoms with E-state index in [0.29, 0.717) is 54.8 Å². The molecule has 0 saturated carbocycles. The topological polar surface area (TPSA) is 88.3 Å². The summed E-state index contributed by atoms with van der Waals surface area (Å²) in [5.74, 6) is 1.51. The van der Waals surface area contributed by atoms with Crippen molar-refractivity contribution in [2.45, 2.75) is 38.5 Å². The minimum Gasteiger partial charge on any atom is -0.352 e. The van der Waals surface area contributed by atoms with Crippen molar-refractivity contribution in [3.63, 3.8) is 0 Å². The van der Waals surface area contributed by atoms with Crippen LogP contribution in [0.25, 0.3) is 0 Å². The molecule has 1 aromatic heterocycles. The Hall–Kier alpha value is -2.41. The van der Waals surface area contributed by atoms with Crippen LogP contribution >= 0.6 is 11.6 Å². The van der Waals surface area contributed by atoms with E-state index in [4.69, 9.17) is 16.1 Å². The van der Waals surface area contributed by atoms with Crippen LogP contribution in [-0.4, -0.2) is 46.5 Å². The Morgan fingerprint density at radius 3 is 2.59 bits per heavy atom. The number of aromatic nitrogens is 2. The van der Waals surface area contributed by atoms with E-state index in [1.165, 1.54) is 0 Å². The number of carbonyl (C=O) groups excluding carboxylic acids is 2. The molecule has 2 aromatic rings. The molecule has 7 nitrogen and oxygen atoms in total. The Morgan fingerprint density at radius 2 is 1.96 bits per heavy atom. The number of aryl methyl sites for hydroxylation is 1. The molecule has 1 aliphatic rings. The van der Waals surface area contributed by atoms with E-state index in [1.807, 2.05) is 4.90 Å². The van der Waals surface area contributed by atoms with Gasteiger partial charge in [-0.05, 0) is 50.5 Å². The third-order valence-corrected chi connectivity index (χ3v) is 4.95. The lowest BCUT2D eigenvalue weighted by Crippen LogP contribution is -2.38. The zero-order valence-corrected chi connectivity index (χ0v) is 16.0. The van der Waals surface area contributed by atoms with Gasteiger partial charge in [0.25, 0.3) is 5.91 Å². The SMILES string of the molecule is Cc1noc(C2CCN(C(=O)CCCNC(=O)c3ccc(Cl)cc3)CC2)n1. The molecule has 0 aliphatic carbocycles. The molecule has 0 radical (unpaired) electrons. The second-order valence-corrected chi connectivity index (χ2v) is 7.14. The standard InChI is InChI=1S/C19H23ClN4O3/c1-13-22-19(27-23-13)15-8-11-24(12-9-15)17(25)3-2-10-21-18(26)14-4-6-16(20)7-5-14/h4-7,15H,2-3,8-12H2,1H3,(H,21,26). The van der Waals surface area contributed by atoms with E-state index in [2.05, 4.69) is 15.5 Å². The molecular weight excluding hydrogens is 368 g/mol. The zero-order chi connectivity index (χ0) is 19.2. The van der Waals surface area contributed by atoms with E-state index in [0.717, 1.165) is 12.8 Å². The maximum absolute atomic E-state index is 12.3. The Morgan fingerprint density at radius 1 is 1.26 bits per heavy atom. The van der Waals surface area contributed by atoms with Crippen molar-refractivity contribution < 1.29 is 14.1 Å². The first kappa shape index (κ1) is 19.4. The third kappa shape index (κ3) is 5.29. The summed E-state index contributed by atoms with van der Waals surface area (Å²) in [6, 6.07) is 6.72. The van der Waals surface area contributed by atoms with Crippen molar-refractivity contribution in [3.8, 4) is 0 Å². The summed E-state index contributed by atoms with van der Waals surface area (Å²) in [4.78, 5) is 30.5. The average molecular weight is 391 g/mol. The minimum absolute atomic E-state index is 0.121. The number of nitrogens with zero attached hydrogens (tertiary/aromatic N) is 3. The first-order valence-electron chi connectivity index (χ1n) is 9.14. The van der Waals surface area contributed by atoms with Gasteiger partial charge in [0, 0.05) is 42.6 Å². The highest BCUT2D eigenvalue weighted by atomic mass is 35.5. The number of halogens is 1. The molecule has 2 heterocycles. The summed E-state index contributed by atoms with van der Waals surface area (Å²) in [5, 5.41) is 7.25. The number of hydrogen-bond donors (Lipinski definition) is 1. The lowest BCUT2D eigenvalue weighted by Gasteiger charge is -2.30. The normalized spacial score (nSPS) is 15.0. The first-order chi connectivity index (χ1) is 13.0. The molecule has 2 amide bonds. The van der Waals surface area contributed by atoms with E-state index < -0.39 is 0 Å². The van der Waals surface area contributed by atoms with Gasteiger partial charge >= 0.3 is 0 Å². The van der Waals surface area contributed by atoms with Gasteiger partial charge in [0.05, 0.1) is 0 Å². The summed E-state index contributed by atoms with van der Waals surface area (Å²) in [7, 11) is 0. The highest BCUT2D eigenvalue weighted by Gasteiger charge is 2.26. The van der Waals surface area contributed by atoms with E-state index in [9.17, 15) is 9.59 Å². The van der Waals surface area contributed by atoms with Gasteiger partial charge < -0.3 is 14.7 Å². The van der Waals surface area contributed by atoms with Crippen molar-refractivity contribution >= 4 is 23.4 Å². The third-order valence-electron chi connectivity index (χ3n) is 4.70. The molecule has 0 unspecified atom stereocenters. The maximum atomic E-state index is 12.3. The number of likely N-dealkylation sites (tertiary alicyclic amines) is 1. The molecule has 0 spiro atoms. The summed E-state index contributed by atoms with van der Waals surface area (Å²) >= 11 is 5.81. The summed E-state index contributed by atoms with van der Waals surface area (Å²) < 4.78 is 5.23. The Bertz CT molecular complexity index is 783. The van der Waals surface area contributed by atoms with Crippen molar-refractivity contribution in [3.05, 3.63) is 46.6 Å². The highest BCUT2D eigenvalue weighted by Crippen LogP contribution is 2.27. The van der Waals surface area contributed by atoms with Gasteiger partial charge in [0.15, 0.2) is 5.82 Å². The van der Waals surface area contributed by atoms with Crippen molar-refractivity contribution in [2.24, 2.45) is 0 Å². The van der Waals surface area contributed by atoms with Gasteiger partial charge in [0.2, 0.25) is 11.8 Å². The molecule has 1 N–H and O–H groups in total. The molecular formula is C19H23ClN4O3. The van der Waals surface area contributed by atoms with E-state index in [-0.39, 0.29) is 17.7 Å². The van der Waals surface area contributed by atoms with Gasteiger partial charge in [-0.2, -0.15) is 4.98 Å². The van der Waals surface area contributed by atoms with Crippen LogP contribution < -0.4 is 5.32 Å². The van der Waals surface area contributed by atoms with Crippen LogP contribution in [0.4, 0.5) is 0 Å². The summed E-state index contributed by atoms with van der Waals surface area (Å²) in [5.41, 5.74) is 0.559. The second kappa shape index (κ2) is 8.99. The van der Waals surface area contributed by atoms with Gasteiger partial charge in [-0.1, -0.05) is 16.8 Å². The average Bonchev–Trinajstić information content (AvgIpc) is 3.12. The van der Waals surface area contributed by atoms with Gasteiger partial charge in [-0.3, -0.25) is 9.59 Å². The Labute approximate surface area is 163 Å². The molecule has 1 saturated heterocycles. The van der Waals surface area contributed by atoms with Crippen LogP contribution in [0.3, 0.4) is 0 Å². The number of nitrogens with one attached hydrogen (secondary N) is 1. The lowest BCUT2D eigenvalue weighted by atomic mass is 9.96. The van der Waals surface area contributed by atoms with Crippen molar-refractivity contribution in [1.29, 1.82) is 0 Å². The molecule has 1 fully saturated rings. The van der Waals surface area contributed by atoms with Crippen LogP contribution in [-0.2, 0) is 4.79 Å². The first-order valence-corrected chi connectivity index (χ1v) is 9.52. The number of benzene rings is 1. The maximum Gasteiger partial charge on any atom is 0.251 e. The van der Waals surface area contributed by atoms with Crippen LogP contribution in [0.5, 0.6) is 0 Å². The monoisotopic (exact) mass is 390 g/mol. The molecule has 144 valence electrons. The van der Waals surface area contributed by atoms with Gasteiger partial charge in [-0.15, -0.1) is 0 Å². The minimum atomic E-state index is -0.158. The fraction of sp³-hybridized carbons (Fsp3) is 0.474. The van der Waals surface area contributed by atoms with Gasteiger partial charge in [0.1, 0.15) is 0 Å². The van der Waals surface area contributed by atoms with Crippen LogP contribution in [0.15, 0.2) is 28.8 Å². The van der Waals surface area contributed by atoms with Crippen molar-refractivity contribution in [2.75, 3.05) is 19.6 Å². The predicted octanol–water partition coefficient (Wildman–Crippen LogP) is 2.95. The van der Waals surface area contributed by atoms with Crippen LogP contribution in [0, 0.1) is 6.92 Å². The van der Waals surface area contributed by atoms with E-state index in [1.54, 1.807) is 31.2 Å². The fourth-order valence-electron chi connectivity index (χ4n) is 3.16. The fourth-order valence-corrected chi connectivity index (χ4v) is 3.28. The van der Waals surface area contributed by atoms with Crippen LogP contribution in [0.2, 0.25) is 5.02 Å². The molecule has 8 heteroatoms. The molecule has 1 aromatic carbocycles. The lowest BCUT2D eigenvalue weighted by molar-refractivity contribution is -0.132. The Kier molecular flexibility index (Phi) is 6.45. The molecule has 27 heavy (non-hydrogen) atoms. The number of carbonyl (C=O) groups is 2. The zero-order valence-electron chi connectivity index (χ0n) is 15.3. The smallest absolute Gasteiger partial charge is 0.251 e. The predicted molar refractivity (Wildman–Crippen MR) is 101 cm³/mol. The molecule has 0 bridgehead atoms. The van der Waals surface area contributed by atoms with Crippen LogP contribution in [0.1, 0.15) is 53.7 Å². The summed E-state index contributed by atoms with van der Waals surface area (Å²) in [6.45, 7) is 3.66. The van der Waals surface area contributed by atoms with Gasteiger partial charge in [-0.25, -0.2) is 0 Å². The summed E-state index contributed by atoms with van der Waals surface area (Å²) in [6.07, 6.45) is 2.70.